The fourth-order valence-electron chi connectivity index (χ4n) is 4.03. The number of carbonyl (C=O) groups is 2. The molecule has 1 fully saturated rings. The first-order valence-corrected chi connectivity index (χ1v) is 11.7. The first-order chi connectivity index (χ1) is 16.3. The van der Waals surface area contributed by atoms with Gasteiger partial charge in [0.05, 0.1) is 18.2 Å². The summed E-state index contributed by atoms with van der Waals surface area (Å²) in [6, 6.07) is 20.8. The third kappa shape index (κ3) is 4.43. The Morgan fingerprint density at radius 2 is 1.71 bits per heavy atom. The van der Waals surface area contributed by atoms with Gasteiger partial charge < -0.3 is 14.7 Å². The first kappa shape index (κ1) is 23.6. The van der Waals surface area contributed by atoms with Gasteiger partial charge in [0.25, 0.3) is 11.7 Å². The van der Waals surface area contributed by atoms with Gasteiger partial charge in [-0.1, -0.05) is 40.2 Å². The Morgan fingerprint density at radius 1 is 1.03 bits per heavy atom. The zero-order valence-corrected chi connectivity index (χ0v) is 20.7. The lowest BCUT2D eigenvalue weighted by molar-refractivity contribution is -0.132. The number of carbonyl (C=O) groups excluding carboxylic acids is 2. The fraction of sp³-hybridized carbons (Fsp3) is 0.185. The monoisotopic (exact) mass is 520 g/mol. The number of anilines is 2. The smallest absolute Gasteiger partial charge is 0.300 e. The highest BCUT2D eigenvalue weighted by atomic mass is 79.9. The second-order valence-electron chi connectivity index (χ2n) is 8.09. The molecule has 0 aromatic heterocycles. The first-order valence-electron chi connectivity index (χ1n) is 10.9. The van der Waals surface area contributed by atoms with E-state index in [1.54, 1.807) is 42.5 Å². The molecule has 0 saturated carbocycles. The molecule has 7 heteroatoms. The minimum absolute atomic E-state index is 0.0395. The predicted molar refractivity (Wildman–Crippen MR) is 137 cm³/mol. The van der Waals surface area contributed by atoms with Gasteiger partial charge in [-0.3, -0.25) is 14.5 Å². The van der Waals surface area contributed by atoms with E-state index in [4.69, 9.17) is 4.74 Å². The molecule has 0 radical (unpaired) electrons. The summed E-state index contributed by atoms with van der Waals surface area (Å²) >= 11 is 3.38. The molecule has 0 aliphatic carbocycles. The Morgan fingerprint density at radius 3 is 2.32 bits per heavy atom. The van der Waals surface area contributed by atoms with Crippen LogP contribution >= 0.6 is 15.9 Å². The van der Waals surface area contributed by atoms with Crippen molar-refractivity contribution >= 4 is 44.8 Å². The lowest BCUT2D eigenvalue weighted by Crippen LogP contribution is -2.29. The van der Waals surface area contributed by atoms with Crippen LogP contribution in [0.25, 0.3) is 5.76 Å². The summed E-state index contributed by atoms with van der Waals surface area (Å²) in [7, 11) is 3.86. The quantitative estimate of drug-likeness (QED) is 0.262. The molecule has 3 aromatic rings. The van der Waals surface area contributed by atoms with Crippen molar-refractivity contribution in [2.45, 2.75) is 13.0 Å². The molecule has 3 aromatic carbocycles. The van der Waals surface area contributed by atoms with Crippen molar-refractivity contribution in [2.75, 3.05) is 30.5 Å². The minimum Gasteiger partial charge on any atom is -0.507 e. The topological polar surface area (TPSA) is 70.1 Å². The van der Waals surface area contributed by atoms with Crippen LogP contribution in [0.2, 0.25) is 0 Å². The number of rotatable bonds is 6. The van der Waals surface area contributed by atoms with E-state index in [1.165, 1.54) is 4.90 Å². The van der Waals surface area contributed by atoms with E-state index in [1.807, 2.05) is 56.3 Å². The third-order valence-electron chi connectivity index (χ3n) is 5.69. The molecule has 1 N–H and O–H groups in total. The summed E-state index contributed by atoms with van der Waals surface area (Å²) in [5.74, 6) is -1.02. The molecular formula is C27H25BrN2O4. The number of ketones is 1. The lowest BCUT2D eigenvalue weighted by Gasteiger charge is -2.26. The van der Waals surface area contributed by atoms with Gasteiger partial charge in [-0.15, -0.1) is 0 Å². The van der Waals surface area contributed by atoms with Crippen molar-refractivity contribution in [1.82, 2.24) is 0 Å². The highest BCUT2D eigenvalue weighted by Gasteiger charge is 2.47. The molecule has 1 amide bonds. The summed E-state index contributed by atoms with van der Waals surface area (Å²) in [6.07, 6.45) is 0. The average Bonchev–Trinajstić information content (AvgIpc) is 3.10. The van der Waals surface area contributed by atoms with Crippen LogP contribution in [0.3, 0.4) is 0 Å². The Hall–Kier alpha value is -3.58. The molecule has 1 aliphatic rings. The van der Waals surface area contributed by atoms with E-state index >= 15 is 0 Å². The number of aliphatic hydroxyl groups is 1. The van der Waals surface area contributed by atoms with Crippen molar-refractivity contribution in [3.8, 4) is 5.75 Å². The van der Waals surface area contributed by atoms with Gasteiger partial charge in [0.1, 0.15) is 11.5 Å². The molecule has 1 saturated heterocycles. The summed E-state index contributed by atoms with van der Waals surface area (Å²) in [6.45, 7) is 2.37. The van der Waals surface area contributed by atoms with Crippen molar-refractivity contribution in [3.05, 3.63) is 94.0 Å². The number of benzene rings is 3. The van der Waals surface area contributed by atoms with Crippen molar-refractivity contribution in [2.24, 2.45) is 0 Å². The second-order valence-corrected chi connectivity index (χ2v) is 9.01. The highest BCUT2D eigenvalue weighted by Crippen LogP contribution is 2.43. The van der Waals surface area contributed by atoms with E-state index in [0.717, 1.165) is 10.2 Å². The van der Waals surface area contributed by atoms with Gasteiger partial charge in [-0.05, 0) is 61.0 Å². The largest absolute Gasteiger partial charge is 0.507 e. The number of hydrogen-bond acceptors (Lipinski definition) is 5. The van der Waals surface area contributed by atoms with Crippen LogP contribution in [-0.4, -0.2) is 37.5 Å². The number of Topliss-reactive ketones (excluding diaryl/α,β-unsaturated/α-hetero) is 1. The van der Waals surface area contributed by atoms with Crippen LogP contribution in [0.5, 0.6) is 5.75 Å². The van der Waals surface area contributed by atoms with Crippen LogP contribution in [0.1, 0.15) is 24.1 Å². The fourth-order valence-corrected chi connectivity index (χ4v) is 4.29. The van der Waals surface area contributed by atoms with E-state index in [-0.39, 0.29) is 11.3 Å². The summed E-state index contributed by atoms with van der Waals surface area (Å²) in [5.41, 5.74) is 2.69. The lowest BCUT2D eigenvalue weighted by atomic mass is 9.95. The molecule has 0 spiro atoms. The number of nitrogens with zero attached hydrogens (tertiary/aromatic N) is 2. The van der Waals surface area contributed by atoms with Crippen LogP contribution in [0.15, 0.2) is 82.8 Å². The number of aliphatic hydroxyl groups excluding tert-OH is 1. The number of halogens is 1. The Labute approximate surface area is 207 Å². The molecule has 1 atom stereocenters. The molecule has 6 nitrogen and oxygen atoms in total. The van der Waals surface area contributed by atoms with Crippen LogP contribution in [0.4, 0.5) is 11.4 Å². The van der Waals surface area contributed by atoms with Crippen molar-refractivity contribution < 1.29 is 19.4 Å². The molecule has 0 bridgehead atoms. The summed E-state index contributed by atoms with van der Waals surface area (Å²) in [5, 5.41) is 11.2. The van der Waals surface area contributed by atoms with E-state index in [9.17, 15) is 14.7 Å². The Kier molecular flexibility index (Phi) is 6.75. The average molecular weight is 521 g/mol. The maximum absolute atomic E-state index is 13.3. The number of amides is 1. The second kappa shape index (κ2) is 9.73. The van der Waals surface area contributed by atoms with Gasteiger partial charge in [0.15, 0.2) is 0 Å². The van der Waals surface area contributed by atoms with E-state index < -0.39 is 17.7 Å². The minimum atomic E-state index is -0.811. The molecule has 1 heterocycles. The van der Waals surface area contributed by atoms with Gasteiger partial charge >= 0.3 is 0 Å². The molecule has 4 rings (SSSR count). The zero-order valence-electron chi connectivity index (χ0n) is 19.2. The molecular weight excluding hydrogens is 496 g/mol. The normalized spacial score (nSPS) is 17.2. The molecule has 174 valence electrons. The Balaban J connectivity index is 1.91. The van der Waals surface area contributed by atoms with Gasteiger partial charge in [0.2, 0.25) is 0 Å². The molecule has 1 unspecified atom stereocenters. The van der Waals surface area contributed by atoms with Crippen LogP contribution in [-0.2, 0) is 9.59 Å². The zero-order chi connectivity index (χ0) is 24.4. The SMILES string of the molecule is CCOc1cccc(C2/C(=C(/O)c3ccc(Br)cc3)C(=O)C(=O)N2c2ccc(N(C)C)cc2)c1. The maximum Gasteiger partial charge on any atom is 0.300 e. The summed E-state index contributed by atoms with van der Waals surface area (Å²) < 4.78 is 6.50. The van der Waals surface area contributed by atoms with Gasteiger partial charge in [-0.25, -0.2) is 0 Å². The molecule has 1 aliphatic heterocycles. The summed E-state index contributed by atoms with van der Waals surface area (Å²) in [4.78, 5) is 30.0. The van der Waals surface area contributed by atoms with E-state index in [0.29, 0.717) is 29.2 Å². The van der Waals surface area contributed by atoms with Gasteiger partial charge in [0, 0.05) is 35.5 Å². The van der Waals surface area contributed by atoms with Crippen LogP contribution < -0.4 is 14.5 Å². The van der Waals surface area contributed by atoms with Crippen molar-refractivity contribution in [1.29, 1.82) is 0 Å². The maximum atomic E-state index is 13.3. The number of ether oxygens (including phenoxy) is 1. The number of hydrogen-bond donors (Lipinski definition) is 1. The van der Waals surface area contributed by atoms with E-state index in [2.05, 4.69) is 15.9 Å². The molecule has 34 heavy (non-hydrogen) atoms. The van der Waals surface area contributed by atoms with Crippen molar-refractivity contribution in [3.63, 3.8) is 0 Å². The highest BCUT2D eigenvalue weighted by molar-refractivity contribution is 9.10. The van der Waals surface area contributed by atoms with Crippen LogP contribution in [0, 0.1) is 0 Å². The third-order valence-corrected chi connectivity index (χ3v) is 6.22. The Bertz CT molecular complexity index is 1250. The standard InChI is InChI=1S/C27H25BrN2O4/c1-4-34-22-7-5-6-18(16-22)24-23(25(31)17-8-10-19(28)11-9-17)26(32)27(33)30(24)21-14-12-20(13-15-21)29(2)3/h5-16,24,31H,4H2,1-3H3/b25-23-. The van der Waals surface area contributed by atoms with Gasteiger partial charge in [-0.2, -0.15) is 0 Å². The predicted octanol–water partition coefficient (Wildman–Crippen LogP) is 5.54.